The van der Waals surface area contributed by atoms with E-state index in [1.807, 2.05) is 12.1 Å². The van der Waals surface area contributed by atoms with Gasteiger partial charge in [-0.2, -0.15) is 0 Å². The van der Waals surface area contributed by atoms with Crippen molar-refractivity contribution in [1.29, 1.82) is 0 Å². The third kappa shape index (κ3) is 4.89. The number of carbonyl (C=O) groups is 3. The fraction of sp³-hybridized carbons (Fsp3) is 0.211. The van der Waals surface area contributed by atoms with Crippen LogP contribution in [-0.4, -0.2) is 41.1 Å². The zero-order valence-electron chi connectivity index (χ0n) is 15.7. The Morgan fingerprint density at radius 3 is 2.77 bits per heavy atom. The largest absolute Gasteiger partial charge is 0.451 e. The number of para-hydroxylation sites is 1. The third-order valence-electron chi connectivity index (χ3n) is 4.19. The summed E-state index contributed by atoms with van der Waals surface area (Å²) in [4.78, 5) is 49.2. The highest BCUT2D eigenvalue weighted by Gasteiger charge is 2.28. The van der Waals surface area contributed by atoms with Gasteiger partial charge in [0.15, 0.2) is 6.10 Å². The van der Waals surface area contributed by atoms with Gasteiger partial charge < -0.3 is 10.1 Å². The molecule has 0 aliphatic carbocycles. The second-order valence-electron chi connectivity index (χ2n) is 6.28. The first-order valence-electron chi connectivity index (χ1n) is 8.72. The van der Waals surface area contributed by atoms with Crippen LogP contribution in [0, 0.1) is 10.1 Å². The number of halogens is 1. The predicted octanol–water partition coefficient (Wildman–Crippen LogP) is 3.26. The number of hydrogen-bond donors (Lipinski definition) is 1. The topological polar surface area (TPSA) is 119 Å². The SMILES string of the molecule is CC(OC(=O)CN1C(=O)CSc2ccccc21)C(=O)Nc1ccc([N+](=O)[O-])cc1Cl. The number of nitrogens with zero attached hydrogens (tertiary/aromatic N) is 2. The molecule has 11 heteroatoms. The molecule has 0 spiro atoms. The van der Waals surface area contributed by atoms with Crippen LogP contribution >= 0.6 is 23.4 Å². The number of hydrogen-bond acceptors (Lipinski definition) is 7. The molecule has 1 aliphatic rings. The second kappa shape index (κ2) is 9.14. The number of anilines is 2. The van der Waals surface area contributed by atoms with Gasteiger partial charge in [-0.3, -0.25) is 29.4 Å². The fourth-order valence-corrected chi connectivity index (χ4v) is 3.86. The monoisotopic (exact) mass is 449 g/mol. The Labute approximate surface area is 180 Å². The second-order valence-corrected chi connectivity index (χ2v) is 7.70. The van der Waals surface area contributed by atoms with E-state index >= 15 is 0 Å². The number of non-ortho nitro benzene ring substituents is 1. The molecule has 0 fully saturated rings. The Kier molecular flexibility index (Phi) is 6.58. The number of fused-ring (bicyclic) bond motifs is 1. The molecule has 1 atom stereocenters. The number of ether oxygens (including phenoxy) is 1. The molecule has 1 unspecified atom stereocenters. The van der Waals surface area contributed by atoms with Crippen molar-refractivity contribution in [2.45, 2.75) is 17.9 Å². The van der Waals surface area contributed by atoms with Crippen LogP contribution in [-0.2, 0) is 19.1 Å². The summed E-state index contributed by atoms with van der Waals surface area (Å²) in [5.74, 6) is -1.44. The van der Waals surface area contributed by atoms with Gasteiger partial charge >= 0.3 is 5.97 Å². The van der Waals surface area contributed by atoms with Crippen molar-refractivity contribution in [1.82, 2.24) is 0 Å². The maximum atomic E-state index is 12.3. The number of carbonyl (C=O) groups excluding carboxylic acids is 3. The van der Waals surface area contributed by atoms with E-state index in [0.29, 0.717) is 5.69 Å². The molecule has 1 heterocycles. The zero-order chi connectivity index (χ0) is 21.8. The fourth-order valence-electron chi connectivity index (χ4n) is 2.70. The quantitative estimate of drug-likeness (QED) is 0.408. The van der Waals surface area contributed by atoms with Crippen molar-refractivity contribution in [3.63, 3.8) is 0 Å². The first-order chi connectivity index (χ1) is 14.3. The van der Waals surface area contributed by atoms with Gasteiger partial charge in [0.25, 0.3) is 11.6 Å². The van der Waals surface area contributed by atoms with Crippen molar-refractivity contribution in [3.8, 4) is 0 Å². The lowest BCUT2D eigenvalue weighted by molar-refractivity contribution is -0.384. The minimum Gasteiger partial charge on any atom is -0.451 e. The van der Waals surface area contributed by atoms with E-state index in [4.69, 9.17) is 16.3 Å². The molecular weight excluding hydrogens is 434 g/mol. The van der Waals surface area contributed by atoms with Crippen LogP contribution < -0.4 is 10.2 Å². The number of rotatable bonds is 6. The van der Waals surface area contributed by atoms with E-state index in [1.165, 1.54) is 35.7 Å². The molecule has 1 N–H and O–H groups in total. The molecule has 3 rings (SSSR count). The summed E-state index contributed by atoms with van der Waals surface area (Å²) < 4.78 is 5.15. The summed E-state index contributed by atoms with van der Waals surface area (Å²) >= 11 is 7.34. The van der Waals surface area contributed by atoms with E-state index in [1.54, 1.807) is 12.1 Å². The van der Waals surface area contributed by atoms with Gasteiger partial charge in [-0.25, -0.2) is 0 Å². The van der Waals surface area contributed by atoms with Crippen molar-refractivity contribution in [2.24, 2.45) is 0 Å². The van der Waals surface area contributed by atoms with Crippen LogP contribution in [0.3, 0.4) is 0 Å². The van der Waals surface area contributed by atoms with Crippen LogP contribution in [0.1, 0.15) is 6.92 Å². The molecule has 2 aromatic carbocycles. The van der Waals surface area contributed by atoms with E-state index in [9.17, 15) is 24.5 Å². The molecule has 2 amide bonds. The van der Waals surface area contributed by atoms with Gasteiger partial charge in [-0.05, 0) is 25.1 Å². The Bertz CT molecular complexity index is 1030. The third-order valence-corrected chi connectivity index (χ3v) is 5.55. The van der Waals surface area contributed by atoms with Crippen LogP contribution in [0.15, 0.2) is 47.4 Å². The average molecular weight is 450 g/mol. The number of nitro benzene ring substituents is 1. The molecule has 9 nitrogen and oxygen atoms in total. The molecule has 1 aliphatic heterocycles. The first kappa shape index (κ1) is 21.6. The molecular formula is C19H16ClN3O6S. The molecule has 0 saturated carbocycles. The lowest BCUT2D eigenvalue weighted by Crippen LogP contribution is -2.41. The summed E-state index contributed by atoms with van der Waals surface area (Å²) in [6, 6.07) is 10.8. The van der Waals surface area contributed by atoms with E-state index in [2.05, 4.69) is 5.32 Å². The lowest BCUT2D eigenvalue weighted by atomic mass is 10.2. The number of amides is 2. The van der Waals surface area contributed by atoms with Gasteiger partial charge in [0.1, 0.15) is 6.54 Å². The highest BCUT2D eigenvalue weighted by Crippen LogP contribution is 2.34. The number of nitro groups is 1. The van der Waals surface area contributed by atoms with Crippen molar-refractivity contribution in [2.75, 3.05) is 22.5 Å². The molecule has 0 saturated heterocycles. The summed E-state index contributed by atoms with van der Waals surface area (Å²) in [6.07, 6.45) is -1.17. The molecule has 0 aromatic heterocycles. The lowest BCUT2D eigenvalue weighted by Gasteiger charge is -2.28. The number of nitrogens with one attached hydrogen (secondary N) is 1. The highest BCUT2D eigenvalue weighted by molar-refractivity contribution is 8.00. The highest BCUT2D eigenvalue weighted by atomic mass is 35.5. The molecule has 0 bridgehead atoms. The van der Waals surface area contributed by atoms with Crippen LogP contribution in [0.25, 0.3) is 0 Å². The van der Waals surface area contributed by atoms with E-state index in [0.717, 1.165) is 11.0 Å². The van der Waals surface area contributed by atoms with Crippen LogP contribution in [0.2, 0.25) is 5.02 Å². The van der Waals surface area contributed by atoms with Crippen molar-refractivity contribution in [3.05, 3.63) is 57.6 Å². The molecule has 156 valence electrons. The van der Waals surface area contributed by atoms with Gasteiger partial charge in [0, 0.05) is 17.0 Å². The Hall–Kier alpha value is -3.11. The molecule has 30 heavy (non-hydrogen) atoms. The summed E-state index contributed by atoms with van der Waals surface area (Å²) in [6.45, 7) is 1.04. The summed E-state index contributed by atoms with van der Waals surface area (Å²) in [7, 11) is 0. The van der Waals surface area contributed by atoms with Gasteiger partial charge in [0.05, 0.1) is 27.1 Å². The normalized spacial score (nSPS) is 13.9. The molecule has 2 aromatic rings. The van der Waals surface area contributed by atoms with Gasteiger partial charge in [-0.1, -0.05) is 23.7 Å². The van der Waals surface area contributed by atoms with Crippen molar-refractivity contribution >= 4 is 58.2 Å². The number of thioether (sulfide) groups is 1. The average Bonchev–Trinajstić information content (AvgIpc) is 2.71. The summed E-state index contributed by atoms with van der Waals surface area (Å²) in [5.41, 5.74) is 0.542. The first-order valence-corrected chi connectivity index (χ1v) is 10.1. The minimum absolute atomic E-state index is 0.0240. The van der Waals surface area contributed by atoms with Crippen LogP contribution in [0.5, 0.6) is 0 Å². The standard InChI is InChI=1S/C19H16ClN3O6S/c1-11(19(26)21-14-7-6-12(23(27)28)8-13(14)20)29-18(25)9-22-15-4-2-3-5-16(15)30-10-17(22)24/h2-8,11H,9-10H2,1H3,(H,21,26). The summed E-state index contributed by atoms with van der Waals surface area (Å²) in [5, 5.41) is 13.2. The smallest absolute Gasteiger partial charge is 0.326 e. The van der Waals surface area contributed by atoms with Gasteiger partial charge in [0.2, 0.25) is 5.91 Å². The minimum atomic E-state index is -1.17. The van der Waals surface area contributed by atoms with Crippen molar-refractivity contribution < 1.29 is 24.0 Å². The molecule has 0 radical (unpaired) electrons. The zero-order valence-corrected chi connectivity index (χ0v) is 17.2. The van der Waals surface area contributed by atoms with Crippen LogP contribution in [0.4, 0.5) is 17.1 Å². The Balaban J connectivity index is 1.61. The van der Waals surface area contributed by atoms with E-state index < -0.39 is 22.9 Å². The Morgan fingerprint density at radius 1 is 1.33 bits per heavy atom. The van der Waals surface area contributed by atoms with E-state index in [-0.39, 0.29) is 34.6 Å². The van der Waals surface area contributed by atoms with Gasteiger partial charge in [-0.15, -0.1) is 11.8 Å². The maximum absolute atomic E-state index is 12.3. The maximum Gasteiger partial charge on any atom is 0.326 e. The predicted molar refractivity (Wildman–Crippen MR) is 112 cm³/mol. The number of esters is 1. The number of benzene rings is 2. The Morgan fingerprint density at radius 2 is 2.07 bits per heavy atom.